The molecular weight excluding hydrogens is 296 g/mol. The topological polar surface area (TPSA) is 124 Å². The summed E-state index contributed by atoms with van der Waals surface area (Å²) in [4.78, 5) is 20.2. The molecule has 0 aromatic heterocycles. The fraction of sp³-hybridized carbons (Fsp3) is 0. The molecule has 0 amide bonds. The third-order valence-electron chi connectivity index (χ3n) is 1.65. The lowest BCUT2D eigenvalue weighted by atomic mass is 10.2. The number of anilines is 1. The first kappa shape index (κ1) is 15.1. The van der Waals surface area contributed by atoms with E-state index < -0.39 is 10.9 Å². The van der Waals surface area contributed by atoms with Gasteiger partial charge in [-0.3, -0.25) is 10.1 Å². The van der Waals surface area contributed by atoms with Crippen molar-refractivity contribution >= 4 is 27.6 Å². The SMILES string of the molecule is O.O=C(O)c1cc(Br)ccc1NC=C[N+](=O)[O-]. The molecule has 0 heterocycles. The minimum atomic E-state index is -1.11. The second-order valence-corrected chi connectivity index (χ2v) is 3.66. The number of aromatic carboxylic acids is 1. The first-order valence-electron chi connectivity index (χ1n) is 4.10. The van der Waals surface area contributed by atoms with Gasteiger partial charge in [-0.05, 0) is 18.2 Å². The molecule has 1 aromatic carbocycles. The predicted molar refractivity (Wildman–Crippen MR) is 64.5 cm³/mol. The molecule has 0 aliphatic rings. The zero-order chi connectivity index (χ0) is 12.1. The van der Waals surface area contributed by atoms with Crippen LogP contribution in [0.1, 0.15) is 10.4 Å². The number of hydrogen-bond donors (Lipinski definition) is 2. The predicted octanol–water partition coefficient (Wildman–Crippen LogP) is 1.48. The van der Waals surface area contributed by atoms with E-state index in [1.165, 1.54) is 12.1 Å². The zero-order valence-corrected chi connectivity index (χ0v) is 9.97. The lowest BCUT2D eigenvalue weighted by molar-refractivity contribution is -0.402. The summed E-state index contributed by atoms with van der Waals surface area (Å²) in [7, 11) is 0. The number of carboxylic acids is 1. The van der Waals surface area contributed by atoms with Gasteiger partial charge in [-0.15, -0.1) is 0 Å². The van der Waals surface area contributed by atoms with Crippen LogP contribution in [-0.4, -0.2) is 21.5 Å². The summed E-state index contributed by atoms with van der Waals surface area (Å²) in [5.74, 6) is -1.11. The van der Waals surface area contributed by atoms with Crippen molar-refractivity contribution in [1.82, 2.24) is 0 Å². The van der Waals surface area contributed by atoms with Gasteiger partial charge in [-0.2, -0.15) is 0 Å². The molecule has 0 fully saturated rings. The third kappa shape index (κ3) is 4.62. The normalized spacial score (nSPS) is 9.71. The van der Waals surface area contributed by atoms with Crippen molar-refractivity contribution < 1.29 is 20.3 Å². The van der Waals surface area contributed by atoms with Gasteiger partial charge in [0.2, 0.25) is 6.20 Å². The first-order chi connectivity index (χ1) is 7.50. The molecule has 0 saturated carbocycles. The third-order valence-corrected chi connectivity index (χ3v) is 2.14. The molecule has 0 radical (unpaired) electrons. The molecule has 4 N–H and O–H groups in total. The van der Waals surface area contributed by atoms with Crippen LogP contribution in [0.25, 0.3) is 0 Å². The molecule has 0 atom stereocenters. The van der Waals surface area contributed by atoms with E-state index in [0.717, 1.165) is 6.20 Å². The van der Waals surface area contributed by atoms with E-state index in [1.807, 2.05) is 0 Å². The molecule has 0 spiro atoms. The number of carbonyl (C=O) groups is 1. The molecule has 0 saturated heterocycles. The summed E-state index contributed by atoms with van der Waals surface area (Å²) < 4.78 is 0.619. The monoisotopic (exact) mass is 304 g/mol. The molecule has 0 unspecified atom stereocenters. The quantitative estimate of drug-likeness (QED) is 0.644. The molecule has 7 nitrogen and oxygen atoms in total. The fourth-order valence-electron chi connectivity index (χ4n) is 1.01. The van der Waals surface area contributed by atoms with E-state index >= 15 is 0 Å². The lowest BCUT2D eigenvalue weighted by Crippen LogP contribution is -2.02. The van der Waals surface area contributed by atoms with E-state index in [-0.39, 0.29) is 16.7 Å². The highest BCUT2D eigenvalue weighted by molar-refractivity contribution is 9.10. The van der Waals surface area contributed by atoms with Crippen LogP contribution in [0.4, 0.5) is 5.69 Å². The number of nitrogens with zero attached hydrogens (tertiary/aromatic N) is 1. The van der Waals surface area contributed by atoms with Crippen LogP contribution >= 0.6 is 15.9 Å². The Kier molecular flexibility index (Phi) is 5.86. The maximum atomic E-state index is 10.9. The van der Waals surface area contributed by atoms with Gasteiger partial charge in [-0.25, -0.2) is 4.79 Å². The summed E-state index contributed by atoms with van der Waals surface area (Å²) in [5, 5.41) is 21.4. The molecule has 8 heteroatoms. The average molecular weight is 305 g/mol. The van der Waals surface area contributed by atoms with Gasteiger partial charge in [0.05, 0.1) is 22.4 Å². The van der Waals surface area contributed by atoms with E-state index in [0.29, 0.717) is 10.7 Å². The number of benzene rings is 1. The van der Waals surface area contributed by atoms with Gasteiger partial charge in [0, 0.05) is 4.47 Å². The van der Waals surface area contributed by atoms with Crippen LogP contribution in [0.2, 0.25) is 0 Å². The number of nitro groups is 1. The average Bonchev–Trinajstić information content (AvgIpc) is 2.19. The first-order valence-corrected chi connectivity index (χ1v) is 4.89. The Bertz CT molecular complexity index is 461. The highest BCUT2D eigenvalue weighted by Crippen LogP contribution is 2.21. The van der Waals surface area contributed by atoms with Gasteiger partial charge in [0.15, 0.2) is 0 Å². The highest BCUT2D eigenvalue weighted by atomic mass is 79.9. The number of carboxylic acid groups (broad SMARTS) is 1. The van der Waals surface area contributed by atoms with Crippen LogP contribution < -0.4 is 5.32 Å². The summed E-state index contributed by atoms with van der Waals surface area (Å²) >= 11 is 3.14. The van der Waals surface area contributed by atoms with Gasteiger partial charge in [0.1, 0.15) is 0 Å². The number of rotatable bonds is 4. The molecule has 92 valence electrons. The largest absolute Gasteiger partial charge is 0.478 e. The van der Waals surface area contributed by atoms with E-state index in [1.54, 1.807) is 6.07 Å². The van der Waals surface area contributed by atoms with E-state index in [9.17, 15) is 14.9 Å². The van der Waals surface area contributed by atoms with Crippen molar-refractivity contribution in [3.8, 4) is 0 Å². The van der Waals surface area contributed by atoms with Crippen molar-refractivity contribution in [3.63, 3.8) is 0 Å². The molecular formula is C9H9BrN2O5. The Morgan fingerprint density at radius 1 is 1.53 bits per heavy atom. The number of nitrogens with one attached hydrogen (secondary N) is 1. The fourth-order valence-corrected chi connectivity index (χ4v) is 1.37. The summed E-state index contributed by atoms with van der Waals surface area (Å²) in [6.45, 7) is 0. The molecule has 1 rings (SSSR count). The van der Waals surface area contributed by atoms with Crippen LogP contribution in [0.15, 0.2) is 35.1 Å². The van der Waals surface area contributed by atoms with Gasteiger partial charge in [-0.1, -0.05) is 15.9 Å². The zero-order valence-electron chi connectivity index (χ0n) is 8.38. The molecule has 1 aromatic rings. The second-order valence-electron chi connectivity index (χ2n) is 2.74. The molecule has 0 aliphatic heterocycles. The van der Waals surface area contributed by atoms with E-state index in [4.69, 9.17) is 5.11 Å². The van der Waals surface area contributed by atoms with Crippen LogP contribution in [-0.2, 0) is 0 Å². The minimum Gasteiger partial charge on any atom is -0.478 e. The molecule has 0 aliphatic carbocycles. The Morgan fingerprint density at radius 3 is 2.71 bits per heavy atom. The van der Waals surface area contributed by atoms with Crippen LogP contribution in [0.3, 0.4) is 0 Å². The number of hydrogen-bond acceptors (Lipinski definition) is 4. The minimum absolute atomic E-state index is 0. The van der Waals surface area contributed by atoms with Crippen LogP contribution in [0.5, 0.6) is 0 Å². The van der Waals surface area contributed by atoms with Crippen molar-refractivity contribution in [2.24, 2.45) is 0 Å². The van der Waals surface area contributed by atoms with Gasteiger partial charge >= 0.3 is 5.97 Å². The molecule has 0 bridgehead atoms. The van der Waals surface area contributed by atoms with Crippen LogP contribution in [0, 0.1) is 10.1 Å². The molecule has 17 heavy (non-hydrogen) atoms. The Hall–Kier alpha value is -1.93. The lowest BCUT2D eigenvalue weighted by Gasteiger charge is -2.05. The summed E-state index contributed by atoms with van der Waals surface area (Å²) in [6, 6.07) is 4.55. The summed E-state index contributed by atoms with van der Waals surface area (Å²) in [6.07, 6.45) is 1.75. The van der Waals surface area contributed by atoms with Crippen molar-refractivity contribution in [2.75, 3.05) is 5.32 Å². The van der Waals surface area contributed by atoms with E-state index in [2.05, 4.69) is 21.2 Å². The second kappa shape index (κ2) is 6.61. The maximum Gasteiger partial charge on any atom is 0.337 e. The smallest absolute Gasteiger partial charge is 0.337 e. The Morgan fingerprint density at radius 2 is 2.18 bits per heavy atom. The van der Waals surface area contributed by atoms with Gasteiger partial charge in [0.25, 0.3) is 0 Å². The van der Waals surface area contributed by atoms with Gasteiger partial charge < -0.3 is 15.9 Å². The number of halogens is 1. The maximum absolute atomic E-state index is 10.9. The van der Waals surface area contributed by atoms with Crippen molar-refractivity contribution in [1.29, 1.82) is 0 Å². The van der Waals surface area contributed by atoms with Crippen molar-refractivity contribution in [3.05, 3.63) is 50.7 Å². The Balaban J connectivity index is 0.00000256. The summed E-state index contributed by atoms with van der Waals surface area (Å²) in [5.41, 5.74) is 0.316. The Labute approximate surface area is 104 Å². The highest BCUT2D eigenvalue weighted by Gasteiger charge is 2.09. The standard InChI is InChI=1S/C9H7BrN2O4.H2O/c10-6-1-2-8(7(5-6)9(13)14)11-3-4-12(15)16;/h1-5,11H,(H,13,14);1H2. The van der Waals surface area contributed by atoms with Crippen molar-refractivity contribution in [2.45, 2.75) is 0 Å².